The normalized spacial score (nSPS) is 18.5. The van der Waals surface area contributed by atoms with Crippen LogP contribution in [0.4, 0.5) is 24.9 Å². The zero-order chi connectivity index (χ0) is 24.3. The molecular formula is C25H28F3N5O. The molecular weight excluding hydrogens is 443 g/mol. The van der Waals surface area contributed by atoms with Crippen molar-refractivity contribution in [3.63, 3.8) is 0 Å². The molecule has 6 nitrogen and oxygen atoms in total. The third-order valence-corrected chi connectivity index (χ3v) is 6.19. The van der Waals surface area contributed by atoms with Gasteiger partial charge in [0.1, 0.15) is 5.82 Å². The standard InChI is InChI=1S/C25H28F3N5O/c1-33(2)22-20-8-3-4-9-21(20)31-24(32-22)30-19-12-10-16(11-13-19)15-29-23(34)17-6-5-7-18(14-17)25(26,27)28/h3-9,14,16,19H,10-13,15H2,1-2H3,(H,29,34)(H,30,31,32)/t16-,19+. The van der Waals surface area contributed by atoms with Crippen molar-refractivity contribution in [1.82, 2.24) is 15.3 Å². The van der Waals surface area contributed by atoms with E-state index in [9.17, 15) is 18.0 Å². The van der Waals surface area contributed by atoms with Gasteiger partial charge in [0.25, 0.3) is 5.91 Å². The maximum Gasteiger partial charge on any atom is 0.416 e. The summed E-state index contributed by atoms with van der Waals surface area (Å²) in [5.41, 5.74) is 0.0880. The molecule has 2 aromatic carbocycles. The number of aromatic nitrogens is 2. The second-order valence-electron chi connectivity index (χ2n) is 8.93. The first-order chi connectivity index (χ1) is 16.2. The van der Waals surface area contributed by atoms with Crippen LogP contribution in [0.15, 0.2) is 48.5 Å². The number of hydrogen-bond acceptors (Lipinski definition) is 5. The molecule has 1 heterocycles. The van der Waals surface area contributed by atoms with Gasteiger partial charge in [0.05, 0.1) is 11.1 Å². The van der Waals surface area contributed by atoms with Gasteiger partial charge in [-0.2, -0.15) is 18.2 Å². The van der Waals surface area contributed by atoms with Crippen LogP contribution in [0.3, 0.4) is 0 Å². The van der Waals surface area contributed by atoms with Gasteiger partial charge in [0.15, 0.2) is 0 Å². The Bertz CT molecular complexity index is 1160. The van der Waals surface area contributed by atoms with Gasteiger partial charge < -0.3 is 15.5 Å². The van der Waals surface area contributed by atoms with E-state index in [-0.39, 0.29) is 17.5 Å². The summed E-state index contributed by atoms with van der Waals surface area (Å²) in [5.74, 6) is 1.26. The first kappa shape index (κ1) is 23.8. The number of carbonyl (C=O) groups is 1. The number of rotatable bonds is 6. The lowest BCUT2D eigenvalue weighted by molar-refractivity contribution is -0.137. The van der Waals surface area contributed by atoms with Crippen molar-refractivity contribution >= 4 is 28.6 Å². The molecule has 0 bridgehead atoms. The molecule has 1 aromatic heterocycles. The molecule has 180 valence electrons. The molecule has 1 fully saturated rings. The largest absolute Gasteiger partial charge is 0.416 e. The molecule has 0 aliphatic heterocycles. The van der Waals surface area contributed by atoms with E-state index >= 15 is 0 Å². The number of para-hydroxylation sites is 1. The summed E-state index contributed by atoms with van der Waals surface area (Å²) in [6, 6.07) is 12.6. The van der Waals surface area contributed by atoms with Crippen LogP contribution in [0, 0.1) is 5.92 Å². The SMILES string of the molecule is CN(C)c1nc(N[C@H]2CC[C@@H](CNC(=O)c3cccc(C(F)(F)F)c3)CC2)nc2ccccc12. The fraction of sp³-hybridized carbons (Fsp3) is 0.400. The van der Waals surface area contributed by atoms with Crippen molar-refractivity contribution in [2.24, 2.45) is 5.92 Å². The fourth-order valence-electron chi connectivity index (χ4n) is 4.33. The van der Waals surface area contributed by atoms with E-state index in [0.29, 0.717) is 12.5 Å². The topological polar surface area (TPSA) is 70.2 Å². The Morgan fingerprint density at radius 1 is 1.03 bits per heavy atom. The van der Waals surface area contributed by atoms with Crippen LogP contribution in [0.1, 0.15) is 41.6 Å². The van der Waals surface area contributed by atoms with Crippen LogP contribution >= 0.6 is 0 Å². The smallest absolute Gasteiger partial charge is 0.362 e. The van der Waals surface area contributed by atoms with Gasteiger partial charge >= 0.3 is 6.18 Å². The maximum absolute atomic E-state index is 12.9. The van der Waals surface area contributed by atoms with Gasteiger partial charge in [-0.1, -0.05) is 18.2 Å². The van der Waals surface area contributed by atoms with Gasteiger partial charge in [0, 0.05) is 37.6 Å². The Balaban J connectivity index is 1.31. The number of anilines is 2. The number of carbonyl (C=O) groups excluding carboxylic acids is 1. The quantitative estimate of drug-likeness (QED) is 0.523. The zero-order valence-corrected chi connectivity index (χ0v) is 19.2. The average Bonchev–Trinajstić information content (AvgIpc) is 2.82. The van der Waals surface area contributed by atoms with E-state index in [0.717, 1.165) is 54.5 Å². The maximum atomic E-state index is 12.9. The van der Waals surface area contributed by atoms with E-state index in [1.165, 1.54) is 12.1 Å². The fourth-order valence-corrected chi connectivity index (χ4v) is 4.33. The van der Waals surface area contributed by atoms with Gasteiger partial charge in [-0.25, -0.2) is 4.98 Å². The highest BCUT2D eigenvalue weighted by Crippen LogP contribution is 2.30. The highest BCUT2D eigenvalue weighted by atomic mass is 19.4. The first-order valence-corrected chi connectivity index (χ1v) is 11.4. The summed E-state index contributed by atoms with van der Waals surface area (Å²) < 4.78 is 38.7. The lowest BCUT2D eigenvalue weighted by Crippen LogP contribution is -2.34. The highest BCUT2D eigenvalue weighted by molar-refractivity contribution is 5.94. The Hall–Kier alpha value is -3.36. The minimum atomic E-state index is -4.47. The molecule has 3 aromatic rings. The summed E-state index contributed by atoms with van der Waals surface area (Å²) in [7, 11) is 3.91. The van der Waals surface area contributed by atoms with Gasteiger partial charge in [-0.15, -0.1) is 0 Å². The number of nitrogens with one attached hydrogen (secondary N) is 2. The van der Waals surface area contributed by atoms with E-state index in [1.54, 1.807) is 0 Å². The molecule has 1 amide bonds. The lowest BCUT2D eigenvalue weighted by Gasteiger charge is -2.29. The molecule has 9 heteroatoms. The van der Waals surface area contributed by atoms with Crippen molar-refractivity contribution in [3.8, 4) is 0 Å². The molecule has 1 aliphatic carbocycles. The van der Waals surface area contributed by atoms with Crippen molar-refractivity contribution < 1.29 is 18.0 Å². The van der Waals surface area contributed by atoms with Crippen LogP contribution in [0.25, 0.3) is 10.9 Å². The Labute approximate surface area is 196 Å². The highest BCUT2D eigenvalue weighted by Gasteiger charge is 2.31. The van der Waals surface area contributed by atoms with E-state index in [4.69, 9.17) is 4.98 Å². The molecule has 0 atom stereocenters. The van der Waals surface area contributed by atoms with Crippen LogP contribution in [-0.2, 0) is 6.18 Å². The summed E-state index contributed by atoms with van der Waals surface area (Å²) >= 11 is 0. The third-order valence-electron chi connectivity index (χ3n) is 6.19. The van der Waals surface area contributed by atoms with Gasteiger partial charge in [-0.05, 0) is 61.9 Å². The van der Waals surface area contributed by atoms with Crippen molar-refractivity contribution in [2.45, 2.75) is 37.9 Å². The molecule has 1 saturated carbocycles. The second-order valence-corrected chi connectivity index (χ2v) is 8.93. The van der Waals surface area contributed by atoms with Crippen molar-refractivity contribution in [2.75, 3.05) is 30.9 Å². The van der Waals surface area contributed by atoms with Crippen molar-refractivity contribution in [1.29, 1.82) is 0 Å². The average molecular weight is 472 g/mol. The number of hydrogen-bond donors (Lipinski definition) is 2. The van der Waals surface area contributed by atoms with Gasteiger partial charge in [0.2, 0.25) is 5.95 Å². The summed E-state index contributed by atoms with van der Waals surface area (Å²) in [6.07, 6.45) is -0.873. The third kappa shape index (κ3) is 5.58. The number of benzene rings is 2. The van der Waals surface area contributed by atoms with Crippen LogP contribution in [0.5, 0.6) is 0 Å². The van der Waals surface area contributed by atoms with Gasteiger partial charge in [-0.3, -0.25) is 4.79 Å². The molecule has 2 N–H and O–H groups in total. The molecule has 4 rings (SSSR count). The van der Waals surface area contributed by atoms with Crippen LogP contribution in [-0.4, -0.2) is 42.6 Å². The van der Waals surface area contributed by atoms with Crippen LogP contribution in [0.2, 0.25) is 0 Å². The molecule has 0 spiro atoms. The number of nitrogens with zero attached hydrogens (tertiary/aromatic N) is 3. The molecule has 0 unspecified atom stereocenters. The summed E-state index contributed by atoms with van der Waals surface area (Å²) in [5, 5.41) is 7.25. The predicted octanol–water partition coefficient (Wildman–Crippen LogP) is 5.12. The second kappa shape index (κ2) is 9.87. The summed E-state index contributed by atoms with van der Waals surface area (Å²) in [4.78, 5) is 23.7. The number of halogens is 3. The van der Waals surface area contributed by atoms with E-state index in [2.05, 4.69) is 15.6 Å². The van der Waals surface area contributed by atoms with Crippen LogP contribution < -0.4 is 15.5 Å². The number of amides is 1. The monoisotopic (exact) mass is 471 g/mol. The Morgan fingerprint density at radius 3 is 2.47 bits per heavy atom. The van der Waals surface area contributed by atoms with Crippen molar-refractivity contribution in [3.05, 3.63) is 59.7 Å². The van der Waals surface area contributed by atoms with E-state index < -0.39 is 17.6 Å². The lowest BCUT2D eigenvalue weighted by atomic mass is 9.86. The Kier molecular flexibility index (Phi) is 6.90. The summed E-state index contributed by atoms with van der Waals surface area (Å²) in [6.45, 7) is 0.444. The minimum absolute atomic E-state index is 0.0235. The minimum Gasteiger partial charge on any atom is -0.362 e. The molecule has 34 heavy (non-hydrogen) atoms. The van der Waals surface area contributed by atoms with E-state index in [1.807, 2.05) is 43.3 Å². The predicted molar refractivity (Wildman–Crippen MR) is 127 cm³/mol. The number of fused-ring (bicyclic) bond motifs is 1. The number of alkyl halides is 3. The first-order valence-electron chi connectivity index (χ1n) is 11.4. The molecule has 1 aliphatic rings. The zero-order valence-electron chi connectivity index (χ0n) is 19.2. The molecule has 0 radical (unpaired) electrons. The Morgan fingerprint density at radius 2 is 1.76 bits per heavy atom. The molecule has 0 saturated heterocycles.